The molecule has 3 fully saturated rings. The predicted octanol–water partition coefficient (Wildman–Crippen LogP) is 9.39. The zero-order valence-corrected chi connectivity index (χ0v) is 42.1. The number of aryl methyl sites for hydroxylation is 1. The van der Waals surface area contributed by atoms with E-state index in [1.54, 1.807) is 65.6 Å². The lowest BCUT2D eigenvalue weighted by Gasteiger charge is -2.33. The van der Waals surface area contributed by atoms with Gasteiger partial charge in [-0.15, -0.1) is 11.3 Å². The second-order valence-electron chi connectivity index (χ2n) is 18.9. The summed E-state index contributed by atoms with van der Waals surface area (Å²) in [6.45, 7) is 11.3. The second-order valence-corrected chi connectivity index (χ2v) is 20.1. The number of thiazole rings is 1. The van der Waals surface area contributed by atoms with E-state index in [0.717, 1.165) is 68.3 Å². The Morgan fingerprint density at radius 2 is 1.65 bits per heavy atom. The molecule has 5 heterocycles. The molecule has 3 amide bonds. The maximum Gasteiger partial charge on any atom is 0.417 e. The van der Waals surface area contributed by atoms with Crippen molar-refractivity contribution >= 4 is 69.8 Å². The molecule has 0 radical (unpaired) electrons. The van der Waals surface area contributed by atoms with Gasteiger partial charge in [-0.05, 0) is 111 Å². The van der Waals surface area contributed by atoms with E-state index >= 15 is 0 Å². The first-order chi connectivity index (χ1) is 34.4. The highest BCUT2D eigenvalue weighted by molar-refractivity contribution is 7.81. The molecular formula is C53H55F3N10O4S2. The van der Waals surface area contributed by atoms with Gasteiger partial charge in [0.15, 0.2) is 10.9 Å². The first kappa shape index (κ1) is 51.2. The summed E-state index contributed by atoms with van der Waals surface area (Å²) in [4.78, 5) is 57.9. The molecule has 8 rings (SSSR count). The van der Waals surface area contributed by atoms with Gasteiger partial charge in [0.05, 0.1) is 45.2 Å². The van der Waals surface area contributed by atoms with Gasteiger partial charge in [-0.2, -0.15) is 18.4 Å². The van der Waals surface area contributed by atoms with Gasteiger partial charge in [-0.25, -0.2) is 9.97 Å². The number of aromatic nitrogens is 2. The molecule has 2 aromatic heterocycles. The van der Waals surface area contributed by atoms with Gasteiger partial charge in [0, 0.05) is 62.7 Å². The lowest BCUT2D eigenvalue weighted by Crippen LogP contribution is -2.53. The Kier molecular flexibility index (Phi) is 15.1. The fraction of sp³-hybridized carbons (Fsp3) is 0.358. The van der Waals surface area contributed by atoms with E-state index in [1.807, 2.05) is 74.8 Å². The number of likely N-dealkylation sites (tertiary alicyclic amines) is 1. The van der Waals surface area contributed by atoms with Crippen LogP contribution in [0.3, 0.4) is 0 Å². The molecule has 0 aliphatic carbocycles. The largest absolute Gasteiger partial charge is 0.487 e. The fourth-order valence-electron chi connectivity index (χ4n) is 9.37. The zero-order valence-electron chi connectivity index (χ0n) is 40.5. The van der Waals surface area contributed by atoms with Crippen molar-refractivity contribution < 1.29 is 32.3 Å². The van der Waals surface area contributed by atoms with Crippen molar-refractivity contribution in [2.75, 3.05) is 34.3 Å². The van der Waals surface area contributed by atoms with E-state index in [4.69, 9.17) is 27.3 Å². The van der Waals surface area contributed by atoms with Crippen LogP contribution < -0.4 is 25.3 Å². The van der Waals surface area contributed by atoms with Crippen molar-refractivity contribution in [2.24, 2.45) is 5.92 Å². The number of carbonyl (C=O) groups is 3. The number of hydrogen-bond donors (Lipinski definition) is 3. The highest BCUT2D eigenvalue weighted by Crippen LogP contribution is 2.40. The Labute approximate surface area is 426 Å². The SMILES string of the molecule is Cc1ncsc1-c1ccc(CNC(=O)[C@@H]2CCCN2C(=O)[C@@H](N/C=C(\C=N)OC2CCN(c3ccc(-c4ccc(N5C(=S)N(c6ccc(C#N)c(C(F)(F)F)c6)C(=O)C5(C)C)cc4)cn3)CC2)C(C)C)cc1. The molecule has 72 heavy (non-hydrogen) atoms. The Hall–Kier alpha value is -7.17. The minimum atomic E-state index is -4.80. The third-order valence-electron chi connectivity index (χ3n) is 13.4. The van der Waals surface area contributed by atoms with Crippen LogP contribution in [-0.2, 0) is 31.8 Å². The Balaban J connectivity index is 0.829. The number of halogens is 3. The topological polar surface area (TPSA) is 171 Å². The summed E-state index contributed by atoms with van der Waals surface area (Å²) in [5.74, 6) is 0.119. The van der Waals surface area contributed by atoms with Crippen LogP contribution in [0.1, 0.15) is 75.8 Å². The average Bonchev–Trinajstić information content (AvgIpc) is 4.09. The number of ether oxygens (including phenoxy) is 1. The fourth-order valence-corrected chi connectivity index (χ4v) is 10.7. The third-order valence-corrected chi connectivity index (χ3v) is 14.7. The van der Waals surface area contributed by atoms with E-state index in [0.29, 0.717) is 56.9 Å². The number of rotatable bonds is 15. The van der Waals surface area contributed by atoms with Crippen molar-refractivity contribution in [3.05, 3.63) is 125 Å². The van der Waals surface area contributed by atoms with Crippen LogP contribution in [0.2, 0.25) is 0 Å². The van der Waals surface area contributed by atoms with Crippen LogP contribution in [0.5, 0.6) is 0 Å². The molecule has 19 heteroatoms. The van der Waals surface area contributed by atoms with Crippen molar-refractivity contribution in [1.82, 2.24) is 25.5 Å². The predicted molar refractivity (Wildman–Crippen MR) is 276 cm³/mol. The molecule has 0 bridgehead atoms. The molecule has 3 aromatic carbocycles. The maximum absolute atomic E-state index is 14.0. The minimum absolute atomic E-state index is 0.0107. The van der Waals surface area contributed by atoms with Crippen LogP contribution >= 0.6 is 23.6 Å². The number of pyridine rings is 1. The molecule has 0 unspecified atom stereocenters. The first-order valence-electron chi connectivity index (χ1n) is 23.7. The first-order valence-corrected chi connectivity index (χ1v) is 25.0. The van der Waals surface area contributed by atoms with Gasteiger partial charge in [-0.3, -0.25) is 19.3 Å². The number of nitrogens with zero attached hydrogens (tertiary/aromatic N) is 7. The number of hydrogen-bond acceptors (Lipinski definition) is 12. The number of piperidine rings is 1. The standard InChI is InChI=1S/C53H55F3N10O4S2/c1-32(2)46(49(68)64-22-6-7-44(64)48(67)61-28-34-8-10-36(11-9-34)47-33(3)62-31-72-47)60-30-42(27-58)70-41-20-23-63(24-21-41)45-19-15-38(29-59-45)35-12-16-39(17-13-35)66-51(71)65(50(69)52(66,4)5)40-18-14-37(26-57)43(25-40)53(54,55)56/h8-19,25,27,29-32,41,44,46,58,60H,6-7,20-24,28H2,1-5H3,(H,61,67)/b42-30+,58-27?/t44-,46-/m0/s1. The molecular weight excluding hydrogens is 962 g/mol. The number of anilines is 3. The maximum atomic E-state index is 14.0. The second kappa shape index (κ2) is 21.3. The molecule has 2 atom stereocenters. The third kappa shape index (κ3) is 10.7. The summed E-state index contributed by atoms with van der Waals surface area (Å²) in [6, 6.07) is 22.7. The average molecular weight is 1020 g/mol. The number of allylic oxidation sites excluding steroid dienone is 1. The van der Waals surface area contributed by atoms with Crippen molar-refractivity contribution in [2.45, 2.75) is 96.7 Å². The van der Waals surface area contributed by atoms with Crippen LogP contribution in [0, 0.1) is 29.6 Å². The minimum Gasteiger partial charge on any atom is -0.487 e. The van der Waals surface area contributed by atoms with Gasteiger partial charge >= 0.3 is 6.18 Å². The lowest BCUT2D eigenvalue weighted by molar-refractivity contribution is -0.140. The number of amides is 3. The van der Waals surface area contributed by atoms with E-state index in [2.05, 4.69) is 20.5 Å². The smallest absolute Gasteiger partial charge is 0.417 e. The number of benzene rings is 3. The van der Waals surface area contributed by atoms with Crippen LogP contribution in [0.25, 0.3) is 21.6 Å². The van der Waals surface area contributed by atoms with Gasteiger partial charge < -0.3 is 35.5 Å². The lowest BCUT2D eigenvalue weighted by atomic mass is 10.0. The Morgan fingerprint density at radius 1 is 0.972 bits per heavy atom. The molecule has 0 spiro atoms. The van der Waals surface area contributed by atoms with E-state index in [9.17, 15) is 32.8 Å². The van der Waals surface area contributed by atoms with Crippen molar-refractivity contribution in [3.8, 4) is 27.6 Å². The van der Waals surface area contributed by atoms with Crippen LogP contribution in [0.15, 0.2) is 103 Å². The summed E-state index contributed by atoms with van der Waals surface area (Å²) in [7, 11) is 0. The highest BCUT2D eigenvalue weighted by atomic mass is 32.1. The van der Waals surface area contributed by atoms with E-state index in [-0.39, 0.29) is 34.6 Å². The molecule has 5 aromatic rings. The van der Waals surface area contributed by atoms with Crippen molar-refractivity contribution in [1.29, 1.82) is 10.7 Å². The highest BCUT2D eigenvalue weighted by Gasteiger charge is 2.51. The summed E-state index contributed by atoms with van der Waals surface area (Å²) < 4.78 is 47.7. The monoisotopic (exact) mass is 1020 g/mol. The Bertz CT molecular complexity index is 2910. The molecule has 0 saturated carbocycles. The van der Waals surface area contributed by atoms with Gasteiger partial charge in [0.2, 0.25) is 11.8 Å². The molecule has 14 nitrogen and oxygen atoms in total. The number of nitriles is 1. The molecule has 3 aliphatic heterocycles. The van der Waals surface area contributed by atoms with E-state index < -0.39 is 40.8 Å². The van der Waals surface area contributed by atoms with Gasteiger partial charge in [0.1, 0.15) is 29.5 Å². The number of thiocarbonyl (C=S) groups is 1. The number of alkyl halides is 3. The van der Waals surface area contributed by atoms with E-state index in [1.165, 1.54) is 6.07 Å². The normalized spacial score (nSPS) is 17.8. The zero-order chi connectivity index (χ0) is 51.5. The summed E-state index contributed by atoms with van der Waals surface area (Å²) >= 11 is 7.29. The molecule has 3 N–H and O–H groups in total. The van der Waals surface area contributed by atoms with Crippen molar-refractivity contribution in [3.63, 3.8) is 0 Å². The molecule has 3 saturated heterocycles. The van der Waals surface area contributed by atoms with Gasteiger partial charge in [-0.1, -0.05) is 50.2 Å². The summed E-state index contributed by atoms with van der Waals surface area (Å²) in [5.41, 5.74) is 4.12. The van der Waals surface area contributed by atoms with Crippen LogP contribution in [0.4, 0.5) is 30.4 Å². The quantitative estimate of drug-likeness (QED) is 0.0519. The molecule has 3 aliphatic rings. The summed E-state index contributed by atoms with van der Waals surface area (Å²) in [6.07, 6.45) is 2.17. The summed E-state index contributed by atoms with van der Waals surface area (Å²) in [5, 5.41) is 23.6. The number of carbonyl (C=O) groups excluding carboxylic acids is 3. The van der Waals surface area contributed by atoms with Gasteiger partial charge in [0.25, 0.3) is 5.91 Å². The molecule has 374 valence electrons. The van der Waals surface area contributed by atoms with Crippen LogP contribution in [-0.4, -0.2) is 87.3 Å². The number of nitrogens with one attached hydrogen (secondary N) is 3. The Morgan fingerprint density at radius 3 is 2.26 bits per heavy atom.